The summed E-state index contributed by atoms with van der Waals surface area (Å²) < 4.78 is 52.1. The van der Waals surface area contributed by atoms with Gasteiger partial charge in [-0.1, -0.05) is 5.92 Å². The molecule has 0 radical (unpaired) electrons. The highest BCUT2D eigenvalue weighted by Crippen LogP contribution is 2.00. The third-order valence-corrected chi connectivity index (χ3v) is 3.93. The molecule has 0 aromatic rings. The minimum atomic E-state index is -3.74. The molecular weight excluding hydrogens is 244 g/mol. The van der Waals surface area contributed by atoms with Gasteiger partial charge in [0.2, 0.25) is 0 Å². The molecule has 0 saturated carbocycles. The number of hydrogen-bond donors (Lipinski definition) is 0. The van der Waals surface area contributed by atoms with Crippen molar-refractivity contribution in [1.82, 2.24) is 0 Å². The van der Waals surface area contributed by atoms with Crippen LogP contribution in [0.3, 0.4) is 0 Å². The summed E-state index contributed by atoms with van der Waals surface area (Å²) in [6.07, 6.45) is 4.71. The van der Waals surface area contributed by atoms with Gasteiger partial charge in [0.05, 0.1) is 18.6 Å². The molecule has 0 saturated heterocycles. The Morgan fingerprint density at radius 2 is 1.67 bits per heavy atom. The first-order valence-electron chi connectivity index (χ1n) is 3.92. The lowest BCUT2D eigenvalue weighted by Gasteiger charge is -2.02. The molecule has 0 heterocycles. The summed E-state index contributed by atoms with van der Waals surface area (Å²) >= 11 is 0. The van der Waals surface area contributed by atoms with Gasteiger partial charge in [0.1, 0.15) is 6.61 Å². The Bertz CT molecular complexity index is 413. The highest BCUT2D eigenvalue weighted by atomic mass is 32.2. The Morgan fingerprint density at radius 3 is 2.13 bits per heavy atom. The third-order valence-electron chi connectivity index (χ3n) is 1.36. The fourth-order valence-corrected chi connectivity index (χ4v) is 2.39. The second kappa shape index (κ2) is 6.07. The molecule has 0 aromatic heterocycles. The molecular formula is C7H12O6S2. The highest BCUT2D eigenvalue weighted by Gasteiger charge is 2.14. The molecule has 0 aliphatic rings. The molecule has 0 atom stereocenters. The summed E-state index contributed by atoms with van der Waals surface area (Å²) in [5.41, 5.74) is 0. The van der Waals surface area contributed by atoms with Crippen LogP contribution in [0.1, 0.15) is 6.42 Å². The molecule has 0 rings (SSSR count). The van der Waals surface area contributed by atoms with E-state index in [2.05, 4.69) is 8.37 Å². The molecule has 8 heteroatoms. The van der Waals surface area contributed by atoms with Crippen LogP contribution < -0.4 is 0 Å². The molecule has 0 amide bonds. The van der Waals surface area contributed by atoms with E-state index in [-0.39, 0.29) is 18.8 Å². The minimum Gasteiger partial charge on any atom is -0.273 e. The van der Waals surface area contributed by atoms with Crippen molar-refractivity contribution < 1.29 is 25.2 Å². The van der Waals surface area contributed by atoms with Gasteiger partial charge in [-0.2, -0.15) is 16.8 Å². The van der Waals surface area contributed by atoms with Gasteiger partial charge < -0.3 is 0 Å². The van der Waals surface area contributed by atoms with Crippen LogP contribution in [0.25, 0.3) is 0 Å². The molecule has 6 nitrogen and oxygen atoms in total. The molecule has 0 aromatic carbocycles. The van der Waals surface area contributed by atoms with E-state index < -0.39 is 26.0 Å². The Labute approximate surface area is 89.8 Å². The Hall–Kier alpha value is -0.620. The van der Waals surface area contributed by atoms with Gasteiger partial charge in [0.25, 0.3) is 20.2 Å². The Morgan fingerprint density at radius 1 is 1.13 bits per heavy atom. The van der Waals surface area contributed by atoms with Gasteiger partial charge in [0.15, 0.2) is 0 Å². The maximum atomic E-state index is 11.0. The van der Waals surface area contributed by atoms with Crippen molar-refractivity contribution >= 4 is 20.2 Å². The van der Waals surface area contributed by atoms with Gasteiger partial charge in [-0.3, -0.25) is 8.37 Å². The standard InChI is InChI=1S/C7H12O6S2/c1-3-5-13-15(10,11)7-4-6-14(8,9)12-2/h1H,4-7H2,2H3. The summed E-state index contributed by atoms with van der Waals surface area (Å²) in [7, 11) is -6.35. The topological polar surface area (TPSA) is 86.7 Å². The number of hydrogen-bond acceptors (Lipinski definition) is 6. The molecule has 0 unspecified atom stereocenters. The molecule has 0 aliphatic heterocycles. The van der Waals surface area contributed by atoms with Crippen LogP contribution in [-0.4, -0.2) is 42.1 Å². The molecule has 0 bridgehead atoms. The van der Waals surface area contributed by atoms with Crippen LogP contribution >= 0.6 is 0 Å². The highest BCUT2D eigenvalue weighted by molar-refractivity contribution is 7.87. The van der Waals surface area contributed by atoms with Crippen molar-refractivity contribution in [3.05, 3.63) is 0 Å². The van der Waals surface area contributed by atoms with E-state index in [0.29, 0.717) is 0 Å². The second-order valence-corrected chi connectivity index (χ2v) is 6.13. The summed E-state index contributed by atoms with van der Waals surface area (Å²) in [6.45, 7) is -0.348. The van der Waals surface area contributed by atoms with Gasteiger partial charge in [-0.05, 0) is 6.42 Å². The monoisotopic (exact) mass is 256 g/mol. The second-order valence-electron chi connectivity index (χ2n) is 2.51. The molecule has 15 heavy (non-hydrogen) atoms. The van der Waals surface area contributed by atoms with Gasteiger partial charge in [-0.15, -0.1) is 6.42 Å². The predicted octanol–water partition coefficient (Wildman–Crippen LogP) is -0.668. The zero-order chi connectivity index (χ0) is 11.9. The van der Waals surface area contributed by atoms with Gasteiger partial charge in [-0.25, -0.2) is 0 Å². The van der Waals surface area contributed by atoms with Gasteiger partial charge >= 0.3 is 0 Å². The molecule has 0 aliphatic carbocycles. The summed E-state index contributed by atoms with van der Waals surface area (Å²) in [6, 6.07) is 0. The molecule has 88 valence electrons. The van der Waals surface area contributed by atoms with Crippen molar-refractivity contribution in [3.63, 3.8) is 0 Å². The van der Waals surface area contributed by atoms with Crippen LogP contribution in [0.15, 0.2) is 0 Å². The van der Waals surface area contributed by atoms with E-state index in [4.69, 9.17) is 6.42 Å². The predicted molar refractivity (Wildman–Crippen MR) is 54.0 cm³/mol. The zero-order valence-corrected chi connectivity index (χ0v) is 9.80. The van der Waals surface area contributed by atoms with Crippen molar-refractivity contribution in [2.24, 2.45) is 0 Å². The normalized spacial score (nSPS) is 12.3. The maximum Gasteiger partial charge on any atom is 0.268 e. The average Bonchev–Trinajstić information content (AvgIpc) is 2.14. The zero-order valence-electron chi connectivity index (χ0n) is 8.17. The maximum absolute atomic E-state index is 11.0. The van der Waals surface area contributed by atoms with E-state index in [1.807, 2.05) is 5.92 Å². The first-order valence-corrected chi connectivity index (χ1v) is 7.07. The van der Waals surface area contributed by atoms with E-state index >= 15 is 0 Å². The van der Waals surface area contributed by atoms with Crippen LogP contribution in [0.5, 0.6) is 0 Å². The van der Waals surface area contributed by atoms with Gasteiger partial charge in [0, 0.05) is 0 Å². The summed E-state index contributed by atoms with van der Waals surface area (Å²) in [4.78, 5) is 0. The van der Waals surface area contributed by atoms with E-state index in [1.165, 1.54) is 0 Å². The minimum absolute atomic E-state index is 0.0942. The molecule has 0 N–H and O–H groups in total. The first-order chi connectivity index (χ1) is 6.83. The quantitative estimate of drug-likeness (QED) is 0.443. The van der Waals surface area contributed by atoms with E-state index in [0.717, 1.165) is 7.11 Å². The van der Waals surface area contributed by atoms with Crippen LogP contribution in [0.2, 0.25) is 0 Å². The Kier molecular flexibility index (Phi) is 5.82. The fraction of sp³-hybridized carbons (Fsp3) is 0.714. The van der Waals surface area contributed by atoms with Crippen molar-refractivity contribution in [3.8, 4) is 12.3 Å². The first kappa shape index (κ1) is 14.4. The SMILES string of the molecule is C#CCOS(=O)(=O)CCCS(=O)(=O)OC. The summed E-state index contributed by atoms with van der Waals surface area (Å²) in [5, 5.41) is 0. The summed E-state index contributed by atoms with van der Waals surface area (Å²) in [5.74, 6) is 1.22. The van der Waals surface area contributed by atoms with Crippen LogP contribution in [0, 0.1) is 12.3 Å². The third kappa shape index (κ3) is 7.33. The van der Waals surface area contributed by atoms with Crippen molar-refractivity contribution in [2.45, 2.75) is 6.42 Å². The van der Waals surface area contributed by atoms with Crippen LogP contribution in [-0.2, 0) is 28.6 Å². The van der Waals surface area contributed by atoms with E-state index in [9.17, 15) is 16.8 Å². The van der Waals surface area contributed by atoms with E-state index in [1.54, 1.807) is 0 Å². The fourth-order valence-electron chi connectivity index (χ4n) is 0.679. The van der Waals surface area contributed by atoms with Crippen molar-refractivity contribution in [2.75, 3.05) is 25.2 Å². The molecule has 0 fully saturated rings. The van der Waals surface area contributed by atoms with Crippen LogP contribution in [0.4, 0.5) is 0 Å². The lowest BCUT2D eigenvalue weighted by atomic mass is 10.6. The van der Waals surface area contributed by atoms with Crippen molar-refractivity contribution in [1.29, 1.82) is 0 Å². The lowest BCUT2D eigenvalue weighted by molar-refractivity contribution is 0.362. The number of rotatable bonds is 7. The molecule has 0 spiro atoms. The Balaban J connectivity index is 4.03. The smallest absolute Gasteiger partial charge is 0.268 e. The number of terminal acetylenes is 1. The average molecular weight is 256 g/mol. The largest absolute Gasteiger partial charge is 0.273 e. The lowest BCUT2D eigenvalue weighted by Crippen LogP contribution is -2.15.